The molecule has 2 radical (unpaired) electrons. The highest BCUT2D eigenvalue weighted by atomic mass is 32.2. The number of benzene rings is 2. The van der Waals surface area contributed by atoms with Crippen LogP contribution >= 0.6 is 0 Å². The maximum absolute atomic E-state index is 12.0. The van der Waals surface area contributed by atoms with E-state index >= 15 is 0 Å². The van der Waals surface area contributed by atoms with Crippen LogP contribution in [0.15, 0.2) is 47.4 Å². The zero-order valence-electron chi connectivity index (χ0n) is 15.7. The second-order valence-corrected chi connectivity index (χ2v) is 8.07. The van der Waals surface area contributed by atoms with Gasteiger partial charge < -0.3 is 40.7 Å². The van der Waals surface area contributed by atoms with Gasteiger partial charge in [-0.05, 0) is 24.3 Å². The SMILES string of the molecule is [B]C(O)(O)C(O)(O)C(O)(O)CNc1cc(C=O)cc(S(N)(=O)=O)c1Oc1ccccc1. The minimum absolute atomic E-state index is 0.138. The molecule has 0 aliphatic carbocycles. The number of hydrogen-bond acceptors (Lipinski definition) is 11. The van der Waals surface area contributed by atoms with Gasteiger partial charge in [-0.25, -0.2) is 13.6 Å². The average Bonchev–Trinajstić information content (AvgIpc) is 2.66. The number of carbonyl (C=O) groups excluding carboxylic acids is 1. The van der Waals surface area contributed by atoms with Crippen LogP contribution in [0.25, 0.3) is 0 Å². The average molecular weight is 454 g/mol. The third-order valence-corrected chi connectivity index (χ3v) is 5.00. The third-order valence-electron chi connectivity index (χ3n) is 4.08. The lowest BCUT2D eigenvalue weighted by Gasteiger charge is -2.41. The van der Waals surface area contributed by atoms with Gasteiger partial charge in [0.05, 0.1) is 12.2 Å². The Morgan fingerprint density at radius 2 is 1.65 bits per heavy atom. The molecule has 12 nitrogen and oxygen atoms in total. The Hall–Kier alpha value is -2.56. The van der Waals surface area contributed by atoms with Gasteiger partial charge in [-0.15, -0.1) is 0 Å². The van der Waals surface area contributed by atoms with E-state index in [2.05, 4.69) is 5.32 Å². The summed E-state index contributed by atoms with van der Waals surface area (Å²) < 4.78 is 29.6. The van der Waals surface area contributed by atoms with Gasteiger partial charge in [0.15, 0.2) is 19.3 Å². The molecule has 0 heterocycles. The molecule has 166 valence electrons. The van der Waals surface area contributed by atoms with Crippen molar-refractivity contribution in [3.63, 3.8) is 0 Å². The molecule has 0 amide bonds. The predicted octanol–water partition coefficient (Wildman–Crippen LogP) is -2.48. The number of sulfonamides is 1. The fourth-order valence-electron chi connectivity index (χ4n) is 2.38. The molecule has 0 fully saturated rings. The number of rotatable bonds is 9. The Bertz CT molecular complexity index is 1050. The van der Waals surface area contributed by atoms with Crippen LogP contribution in [0, 0.1) is 0 Å². The van der Waals surface area contributed by atoms with Crippen molar-refractivity contribution in [3.05, 3.63) is 48.0 Å². The Morgan fingerprint density at radius 1 is 1.06 bits per heavy atom. The fourth-order valence-corrected chi connectivity index (χ4v) is 3.09. The van der Waals surface area contributed by atoms with Crippen LogP contribution in [0.3, 0.4) is 0 Å². The number of nitrogens with two attached hydrogens (primary N) is 1. The summed E-state index contributed by atoms with van der Waals surface area (Å²) in [5.41, 5.74) is -4.43. The summed E-state index contributed by atoms with van der Waals surface area (Å²) in [5.74, 6) is -8.10. The predicted molar refractivity (Wildman–Crippen MR) is 105 cm³/mol. The van der Waals surface area contributed by atoms with Crippen LogP contribution in [0.5, 0.6) is 11.5 Å². The molecule has 0 aliphatic heterocycles. The highest BCUT2D eigenvalue weighted by Crippen LogP contribution is 2.37. The normalized spacial score (nSPS) is 13.0. The number of para-hydroxylation sites is 1. The summed E-state index contributed by atoms with van der Waals surface area (Å²) in [4.78, 5) is 10.6. The molecule has 14 heteroatoms. The van der Waals surface area contributed by atoms with Crippen molar-refractivity contribution in [2.24, 2.45) is 5.14 Å². The molecule has 2 aromatic rings. The van der Waals surface area contributed by atoms with Crippen LogP contribution < -0.4 is 15.2 Å². The van der Waals surface area contributed by atoms with E-state index < -0.39 is 44.5 Å². The minimum atomic E-state index is -4.46. The summed E-state index contributed by atoms with van der Waals surface area (Å²) in [6.07, 6.45) is 0.270. The second-order valence-electron chi connectivity index (χ2n) is 6.54. The lowest BCUT2D eigenvalue weighted by Crippen LogP contribution is -2.70. The van der Waals surface area contributed by atoms with Crippen LogP contribution in [0.4, 0.5) is 5.69 Å². The minimum Gasteiger partial charge on any atom is -0.454 e. The maximum Gasteiger partial charge on any atom is 0.265 e. The molecule has 2 rings (SSSR count). The van der Waals surface area contributed by atoms with Gasteiger partial charge >= 0.3 is 0 Å². The van der Waals surface area contributed by atoms with Crippen LogP contribution in [0.2, 0.25) is 0 Å². The molecule has 0 unspecified atom stereocenters. The number of primary sulfonamides is 1. The Labute approximate surface area is 177 Å². The van der Waals surface area contributed by atoms with Gasteiger partial charge in [0.25, 0.3) is 5.79 Å². The van der Waals surface area contributed by atoms with E-state index in [1.54, 1.807) is 18.2 Å². The van der Waals surface area contributed by atoms with E-state index in [1.165, 1.54) is 12.1 Å². The van der Waals surface area contributed by atoms with Crippen molar-refractivity contribution >= 4 is 29.8 Å². The summed E-state index contributed by atoms with van der Waals surface area (Å²) in [7, 11) is 0.262. The quantitative estimate of drug-likeness (QED) is 0.113. The van der Waals surface area contributed by atoms with E-state index in [0.29, 0.717) is 0 Å². The van der Waals surface area contributed by atoms with Gasteiger partial charge in [-0.2, -0.15) is 0 Å². The molecule has 0 saturated heterocycles. The summed E-state index contributed by atoms with van der Waals surface area (Å²) >= 11 is 0. The zero-order valence-corrected chi connectivity index (χ0v) is 16.5. The second kappa shape index (κ2) is 8.53. The molecule has 0 saturated carbocycles. The molecule has 0 aromatic heterocycles. The standard InChI is InChI=1S/C17H19BN2O10S/c18-17(26,27)16(24,25)15(22,23)9-20-12-6-10(8-21)7-13(31(19,28)29)14(12)30-11-4-2-1-3-5-11/h1-8,20,22-27H,9H2,(H2,19,28,29). The fraction of sp³-hybridized carbons (Fsp3) is 0.235. The molecule has 0 atom stereocenters. The number of nitrogens with one attached hydrogen (secondary N) is 1. The van der Waals surface area contributed by atoms with Crippen molar-refractivity contribution in [2.45, 2.75) is 22.2 Å². The first-order chi connectivity index (χ1) is 14.1. The molecular weight excluding hydrogens is 435 g/mol. The van der Waals surface area contributed by atoms with E-state index in [0.717, 1.165) is 12.1 Å². The van der Waals surface area contributed by atoms with Crippen molar-refractivity contribution in [3.8, 4) is 11.5 Å². The first-order valence-electron chi connectivity index (χ1n) is 8.36. The van der Waals surface area contributed by atoms with E-state index in [-0.39, 0.29) is 23.3 Å². The van der Waals surface area contributed by atoms with E-state index in [9.17, 15) is 43.9 Å². The monoisotopic (exact) mass is 454 g/mol. The summed E-state index contributed by atoms with van der Waals surface area (Å²) in [5, 5.41) is 64.9. The van der Waals surface area contributed by atoms with Gasteiger partial charge in [-0.3, -0.25) is 4.79 Å². The molecule has 9 N–H and O–H groups in total. The molecule has 31 heavy (non-hydrogen) atoms. The van der Waals surface area contributed by atoms with Gasteiger partial charge in [0.1, 0.15) is 16.9 Å². The summed E-state index contributed by atoms with van der Waals surface area (Å²) in [6.45, 7) is -1.27. The number of aliphatic hydroxyl groups is 6. The Balaban J connectivity index is 2.56. The maximum atomic E-state index is 12.0. The van der Waals surface area contributed by atoms with Crippen molar-refractivity contribution in [1.82, 2.24) is 0 Å². The van der Waals surface area contributed by atoms with Crippen LogP contribution in [0.1, 0.15) is 10.4 Å². The van der Waals surface area contributed by atoms with Gasteiger partial charge in [0.2, 0.25) is 15.8 Å². The van der Waals surface area contributed by atoms with Crippen molar-refractivity contribution in [1.29, 1.82) is 0 Å². The number of aldehydes is 1. The molecule has 0 bridgehead atoms. The first kappa shape index (κ1) is 24.7. The van der Waals surface area contributed by atoms with Gasteiger partial charge in [-0.1, -0.05) is 18.2 Å². The number of carbonyl (C=O) groups is 1. The van der Waals surface area contributed by atoms with Crippen LogP contribution in [-0.2, 0) is 10.0 Å². The number of hydrogen-bond donors (Lipinski definition) is 8. The molecule has 0 aliphatic rings. The first-order valence-corrected chi connectivity index (χ1v) is 9.90. The number of anilines is 1. The number of ether oxygens (including phenoxy) is 1. The molecular formula is C17H19BN2O10S. The largest absolute Gasteiger partial charge is 0.454 e. The van der Waals surface area contributed by atoms with Crippen molar-refractivity contribution in [2.75, 3.05) is 11.9 Å². The molecule has 0 spiro atoms. The highest BCUT2D eigenvalue weighted by molar-refractivity contribution is 7.89. The van der Waals surface area contributed by atoms with Crippen molar-refractivity contribution < 1.29 is 48.6 Å². The highest BCUT2D eigenvalue weighted by Gasteiger charge is 2.58. The lowest BCUT2D eigenvalue weighted by atomic mass is 9.81. The Kier molecular flexibility index (Phi) is 6.80. The third kappa shape index (κ3) is 5.38. The van der Waals surface area contributed by atoms with Crippen LogP contribution in [-0.4, -0.2) is 77.0 Å². The van der Waals surface area contributed by atoms with E-state index in [4.69, 9.17) is 17.7 Å². The lowest BCUT2D eigenvalue weighted by molar-refractivity contribution is -0.423. The van der Waals surface area contributed by atoms with E-state index in [1.807, 2.05) is 0 Å². The smallest absolute Gasteiger partial charge is 0.265 e. The zero-order chi connectivity index (χ0) is 23.7. The summed E-state index contributed by atoms with van der Waals surface area (Å²) in [6, 6.07) is 9.66. The Morgan fingerprint density at radius 3 is 2.13 bits per heavy atom. The topological polar surface area (TPSA) is 220 Å². The molecule has 2 aromatic carbocycles. The van der Waals surface area contributed by atoms with Gasteiger partial charge in [0, 0.05) is 5.56 Å².